The highest BCUT2D eigenvalue weighted by Crippen LogP contribution is 2.26. The zero-order valence-electron chi connectivity index (χ0n) is 13.1. The summed E-state index contributed by atoms with van der Waals surface area (Å²) >= 11 is 1.49. The second-order valence-electron chi connectivity index (χ2n) is 4.93. The van der Waals surface area contributed by atoms with E-state index in [1.807, 2.05) is 35.9 Å². The van der Waals surface area contributed by atoms with E-state index in [4.69, 9.17) is 15.3 Å². The molecule has 0 fully saturated rings. The van der Waals surface area contributed by atoms with Gasteiger partial charge in [-0.2, -0.15) is 10.5 Å². The zero-order valence-corrected chi connectivity index (χ0v) is 13.9. The third kappa shape index (κ3) is 4.24. The first-order valence-electron chi connectivity index (χ1n) is 7.12. The molecule has 2 rings (SSSR count). The molecule has 0 saturated heterocycles. The van der Waals surface area contributed by atoms with E-state index in [-0.39, 0.29) is 5.92 Å². The lowest BCUT2D eigenvalue weighted by atomic mass is 10.1. The molecule has 1 aromatic carbocycles. The normalized spacial score (nSPS) is 11.5. The minimum atomic E-state index is -0.152. The van der Waals surface area contributed by atoms with Crippen molar-refractivity contribution in [1.82, 2.24) is 14.8 Å². The van der Waals surface area contributed by atoms with Crippen LogP contribution in [0.1, 0.15) is 12.8 Å². The molecular weight excluding hydrogens is 310 g/mol. The molecule has 0 N–H and O–H groups in total. The molecule has 0 unspecified atom stereocenters. The van der Waals surface area contributed by atoms with E-state index < -0.39 is 0 Å². The number of hydrogen-bond donors (Lipinski definition) is 0. The fourth-order valence-corrected chi connectivity index (χ4v) is 3.00. The van der Waals surface area contributed by atoms with Gasteiger partial charge in [0.2, 0.25) is 0 Å². The van der Waals surface area contributed by atoms with Gasteiger partial charge in [0.05, 0.1) is 25.2 Å². The van der Waals surface area contributed by atoms with Crippen LogP contribution >= 0.6 is 11.8 Å². The van der Waals surface area contributed by atoms with Crippen molar-refractivity contribution in [2.45, 2.75) is 18.0 Å². The predicted octanol–water partition coefficient (Wildman–Crippen LogP) is 3.03. The lowest BCUT2D eigenvalue weighted by molar-refractivity contribution is 0.415. The van der Waals surface area contributed by atoms with E-state index in [1.54, 1.807) is 7.11 Å². The number of hydrogen-bond acceptors (Lipinski definition) is 6. The zero-order chi connectivity index (χ0) is 16.7. The van der Waals surface area contributed by atoms with E-state index in [0.717, 1.165) is 22.3 Å². The van der Waals surface area contributed by atoms with Crippen molar-refractivity contribution in [2.75, 3.05) is 12.9 Å². The number of aromatic nitrogens is 3. The highest BCUT2D eigenvalue weighted by molar-refractivity contribution is 7.99. The molecule has 2 aromatic rings. The Balaban J connectivity index is 2.07. The maximum absolute atomic E-state index is 9.11. The van der Waals surface area contributed by atoms with Crippen LogP contribution in [0.25, 0.3) is 11.4 Å². The number of benzene rings is 1. The minimum absolute atomic E-state index is 0.152. The average Bonchev–Trinajstić information content (AvgIpc) is 2.96. The number of rotatable bonds is 7. The molecule has 7 heteroatoms. The molecule has 0 spiro atoms. The second-order valence-corrected chi connectivity index (χ2v) is 5.91. The molecule has 0 aliphatic heterocycles. The van der Waals surface area contributed by atoms with E-state index >= 15 is 0 Å². The molecule has 23 heavy (non-hydrogen) atoms. The molecule has 0 saturated carbocycles. The van der Waals surface area contributed by atoms with Crippen LogP contribution in [-0.2, 0) is 7.05 Å². The molecule has 1 aromatic heterocycles. The Morgan fingerprint density at radius 3 is 2.61 bits per heavy atom. The van der Waals surface area contributed by atoms with E-state index in [2.05, 4.69) is 22.3 Å². The first-order chi connectivity index (χ1) is 11.2. The van der Waals surface area contributed by atoms with Crippen molar-refractivity contribution in [2.24, 2.45) is 13.0 Å². The number of nitriles is 2. The van der Waals surface area contributed by atoms with Gasteiger partial charge in [0.15, 0.2) is 11.0 Å². The largest absolute Gasteiger partial charge is 0.497 e. The Labute approximate surface area is 139 Å². The van der Waals surface area contributed by atoms with E-state index in [1.165, 1.54) is 11.8 Å². The summed E-state index contributed by atoms with van der Waals surface area (Å²) in [6, 6.07) is 11.9. The third-order valence-electron chi connectivity index (χ3n) is 3.38. The van der Waals surface area contributed by atoms with Crippen LogP contribution in [-0.4, -0.2) is 27.6 Å². The van der Waals surface area contributed by atoms with E-state index in [9.17, 15) is 0 Å². The molecule has 0 radical (unpaired) electrons. The Morgan fingerprint density at radius 1 is 1.26 bits per heavy atom. The molecule has 6 nitrogen and oxygen atoms in total. The molecule has 1 atom stereocenters. The van der Waals surface area contributed by atoms with Crippen LogP contribution in [0.3, 0.4) is 0 Å². The Hall–Kier alpha value is -2.51. The van der Waals surface area contributed by atoms with Crippen LogP contribution < -0.4 is 4.74 Å². The fourth-order valence-electron chi connectivity index (χ4n) is 2.03. The maximum Gasteiger partial charge on any atom is 0.191 e. The van der Waals surface area contributed by atoms with Gasteiger partial charge >= 0.3 is 0 Å². The number of nitrogens with zero attached hydrogens (tertiary/aromatic N) is 5. The molecule has 1 heterocycles. The first kappa shape index (κ1) is 16.9. The number of methoxy groups -OCH3 is 1. The van der Waals surface area contributed by atoms with Crippen molar-refractivity contribution < 1.29 is 4.74 Å². The van der Waals surface area contributed by atoms with E-state index in [0.29, 0.717) is 18.6 Å². The quantitative estimate of drug-likeness (QED) is 0.726. The summed E-state index contributed by atoms with van der Waals surface area (Å²) < 4.78 is 7.06. The van der Waals surface area contributed by atoms with Crippen molar-refractivity contribution >= 4 is 11.8 Å². The predicted molar refractivity (Wildman–Crippen MR) is 87.7 cm³/mol. The van der Waals surface area contributed by atoms with Crippen LogP contribution in [0.15, 0.2) is 29.4 Å². The van der Waals surface area contributed by atoms with Gasteiger partial charge in [-0.25, -0.2) is 0 Å². The third-order valence-corrected chi connectivity index (χ3v) is 4.57. The maximum atomic E-state index is 9.11. The van der Waals surface area contributed by atoms with Crippen LogP contribution in [0, 0.1) is 28.6 Å². The van der Waals surface area contributed by atoms with Crippen molar-refractivity contribution in [1.29, 1.82) is 10.5 Å². The lowest BCUT2D eigenvalue weighted by Crippen LogP contribution is -2.02. The summed E-state index contributed by atoms with van der Waals surface area (Å²) in [5.74, 6) is 2.01. The van der Waals surface area contributed by atoms with Crippen molar-refractivity contribution in [3.05, 3.63) is 24.3 Å². The van der Waals surface area contributed by atoms with Crippen LogP contribution in [0.4, 0.5) is 0 Å². The fraction of sp³-hybridized carbons (Fsp3) is 0.375. The molecule has 118 valence electrons. The van der Waals surface area contributed by atoms with Gasteiger partial charge in [-0.15, -0.1) is 10.2 Å². The number of thioether (sulfide) groups is 1. The Kier molecular flexibility index (Phi) is 6.02. The molecule has 0 amide bonds. The summed E-state index contributed by atoms with van der Waals surface area (Å²) in [7, 11) is 3.53. The topological polar surface area (TPSA) is 87.5 Å². The van der Waals surface area contributed by atoms with Gasteiger partial charge in [-0.1, -0.05) is 11.8 Å². The minimum Gasteiger partial charge on any atom is -0.497 e. The molecular formula is C16H17N5OS. The molecule has 0 aliphatic rings. The summed E-state index contributed by atoms with van der Waals surface area (Å²) in [4.78, 5) is 0. The lowest BCUT2D eigenvalue weighted by Gasteiger charge is -2.07. The second kappa shape index (κ2) is 8.21. The first-order valence-corrected chi connectivity index (χ1v) is 8.11. The standard InChI is InChI=1S/C16H17N5OS/c1-21-15(13-5-7-14(22-2)8-6-13)19-20-16(21)23-11-12(10-18)4-3-9-17/h5-8,12H,3-4,11H2,1-2H3/t12-/m1/s1. The Morgan fingerprint density at radius 2 is 2.00 bits per heavy atom. The summed E-state index contributed by atoms with van der Waals surface area (Å²) in [6.45, 7) is 0. The Bertz CT molecular complexity index is 726. The van der Waals surface area contributed by atoms with Gasteiger partial charge in [-0.3, -0.25) is 0 Å². The van der Waals surface area contributed by atoms with Crippen LogP contribution in [0.5, 0.6) is 5.75 Å². The van der Waals surface area contributed by atoms with Gasteiger partial charge in [0.25, 0.3) is 0 Å². The van der Waals surface area contributed by atoms with Crippen molar-refractivity contribution in [3.63, 3.8) is 0 Å². The summed E-state index contributed by atoms with van der Waals surface area (Å²) in [6.07, 6.45) is 0.984. The molecule has 0 bridgehead atoms. The van der Waals surface area contributed by atoms with Gasteiger partial charge in [-0.05, 0) is 30.7 Å². The highest BCUT2D eigenvalue weighted by Gasteiger charge is 2.14. The SMILES string of the molecule is COc1ccc(-c2nnc(SC[C@@H](C#N)CCC#N)n2C)cc1. The highest BCUT2D eigenvalue weighted by atomic mass is 32.2. The molecule has 0 aliphatic carbocycles. The van der Waals surface area contributed by atoms with Crippen LogP contribution in [0.2, 0.25) is 0 Å². The monoisotopic (exact) mass is 327 g/mol. The number of ether oxygens (including phenoxy) is 1. The smallest absolute Gasteiger partial charge is 0.191 e. The van der Waals surface area contributed by atoms with Gasteiger partial charge in [0, 0.05) is 24.8 Å². The summed E-state index contributed by atoms with van der Waals surface area (Å²) in [5, 5.41) is 26.9. The summed E-state index contributed by atoms with van der Waals surface area (Å²) in [5.41, 5.74) is 0.953. The van der Waals surface area contributed by atoms with Crippen molar-refractivity contribution in [3.8, 4) is 29.3 Å². The average molecular weight is 327 g/mol. The van der Waals surface area contributed by atoms with Gasteiger partial charge < -0.3 is 9.30 Å². The van der Waals surface area contributed by atoms with Gasteiger partial charge in [0.1, 0.15) is 5.75 Å².